The smallest absolute Gasteiger partial charge is 0.320 e. The zero-order chi connectivity index (χ0) is 26.1. The van der Waals surface area contributed by atoms with E-state index < -0.39 is 0 Å². The number of likely N-dealkylation sites (tertiary alicyclic amines) is 1. The molecule has 2 amide bonds. The molecule has 7 heteroatoms. The molecule has 0 radical (unpaired) electrons. The summed E-state index contributed by atoms with van der Waals surface area (Å²) >= 11 is 6.01. The van der Waals surface area contributed by atoms with Crippen molar-refractivity contribution in [2.24, 2.45) is 5.92 Å². The molecule has 0 saturated carbocycles. The first kappa shape index (κ1) is 24.8. The maximum absolute atomic E-state index is 13.5. The summed E-state index contributed by atoms with van der Waals surface area (Å²) in [4.78, 5) is 25.3. The number of aromatic nitrogens is 2. The maximum atomic E-state index is 13.5. The highest BCUT2D eigenvalue weighted by Gasteiger charge is 2.28. The maximum Gasteiger partial charge on any atom is 0.320 e. The number of piperidine rings is 1. The van der Waals surface area contributed by atoms with Gasteiger partial charge in [-0.25, -0.2) is 9.78 Å². The molecule has 6 rings (SSSR count). The van der Waals surface area contributed by atoms with Gasteiger partial charge < -0.3 is 19.5 Å². The van der Waals surface area contributed by atoms with Crippen molar-refractivity contribution in [3.63, 3.8) is 0 Å². The second-order valence-electron chi connectivity index (χ2n) is 10.5. The lowest BCUT2D eigenvalue weighted by Gasteiger charge is -2.35. The number of benzene rings is 3. The zero-order valence-corrected chi connectivity index (χ0v) is 22.5. The van der Waals surface area contributed by atoms with Gasteiger partial charge in [0, 0.05) is 23.7 Å². The van der Waals surface area contributed by atoms with Crippen LogP contribution in [0.5, 0.6) is 5.75 Å². The molecule has 1 N–H and O–H groups in total. The summed E-state index contributed by atoms with van der Waals surface area (Å²) in [6, 6.07) is 20.8. The number of aromatic amines is 1. The van der Waals surface area contributed by atoms with Crippen LogP contribution in [0.1, 0.15) is 36.2 Å². The second kappa shape index (κ2) is 10.7. The van der Waals surface area contributed by atoms with Crippen molar-refractivity contribution in [3.8, 4) is 16.9 Å². The molecule has 0 unspecified atom stereocenters. The minimum atomic E-state index is 0.123. The number of carbonyl (C=O) groups is 1. The number of urea groups is 1. The number of imidazole rings is 1. The van der Waals surface area contributed by atoms with Crippen LogP contribution >= 0.6 is 11.6 Å². The molecule has 38 heavy (non-hydrogen) atoms. The number of hydrogen-bond donors (Lipinski definition) is 1. The number of H-pyrrole nitrogens is 1. The van der Waals surface area contributed by atoms with Gasteiger partial charge >= 0.3 is 6.03 Å². The Morgan fingerprint density at radius 1 is 1.00 bits per heavy atom. The van der Waals surface area contributed by atoms with E-state index in [0.717, 1.165) is 83.1 Å². The van der Waals surface area contributed by atoms with Crippen LogP contribution in [0.25, 0.3) is 22.2 Å². The number of ether oxygens (including phenoxy) is 1. The topological polar surface area (TPSA) is 61.5 Å². The van der Waals surface area contributed by atoms with Gasteiger partial charge in [0.15, 0.2) is 0 Å². The van der Waals surface area contributed by atoms with Gasteiger partial charge in [-0.2, -0.15) is 0 Å². The van der Waals surface area contributed by atoms with E-state index in [4.69, 9.17) is 16.3 Å². The Hall–Kier alpha value is -3.51. The van der Waals surface area contributed by atoms with Crippen LogP contribution in [0.3, 0.4) is 0 Å². The fraction of sp³-hybridized carbons (Fsp3) is 0.355. The second-order valence-corrected chi connectivity index (χ2v) is 11.0. The van der Waals surface area contributed by atoms with Crippen LogP contribution < -0.4 is 4.74 Å². The summed E-state index contributed by atoms with van der Waals surface area (Å²) in [6.07, 6.45) is 4.33. The number of nitrogens with zero attached hydrogens (tertiary/aromatic N) is 3. The Morgan fingerprint density at radius 3 is 2.58 bits per heavy atom. The Morgan fingerprint density at radius 2 is 1.76 bits per heavy atom. The molecule has 2 aliphatic heterocycles. The molecular weight excluding hydrogens is 496 g/mol. The van der Waals surface area contributed by atoms with Crippen molar-refractivity contribution in [3.05, 3.63) is 82.6 Å². The Bertz CT molecular complexity index is 1440. The third-order valence-electron chi connectivity index (χ3n) is 7.88. The van der Waals surface area contributed by atoms with Gasteiger partial charge in [0.05, 0.1) is 24.1 Å². The summed E-state index contributed by atoms with van der Waals surface area (Å²) in [5.41, 5.74) is 6.60. The molecule has 3 aromatic carbocycles. The monoisotopic (exact) mass is 528 g/mol. The van der Waals surface area contributed by atoms with Crippen LogP contribution in [-0.4, -0.2) is 52.0 Å². The fourth-order valence-corrected chi connectivity index (χ4v) is 5.81. The fourth-order valence-electron chi connectivity index (χ4n) is 5.69. The summed E-state index contributed by atoms with van der Waals surface area (Å²) in [7, 11) is 0. The highest BCUT2D eigenvalue weighted by molar-refractivity contribution is 6.30. The molecule has 1 fully saturated rings. The molecule has 2 aliphatic rings. The number of carbonyl (C=O) groups excluding carboxylic acids is 1. The third-order valence-corrected chi connectivity index (χ3v) is 8.14. The van der Waals surface area contributed by atoms with E-state index >= 15 is 0 Å². The van der Waals surface area contributed by atoms with Crippen LogP contribution in [0.15, 0.2) is 60.7 Å². The molecule has 0 atom stereocenters. The third kappa shape index (κ3) is 5.37. The quantitative estimate of drug-likeness (QED) is 0.315. The van der Waals surface area contributed by atoms with Gasteiger partial charge in [0.25, 0.3) is 0 Å². The first-order chi connectivity index (χ1) is 18.5. The van der Waals surface area contributed by atoms with E-state index in [9.17, 15) is 4.79 Å². The molecule has 3 heterocycles. The van der Waals surface area contributed by atoms with Crippen molar-refractivity contribution in [2.45, 2.75) is 39.2 Å². The number of aryl methyl sites for hydroxylation is 2. The number of hydrogen-bond acceptors (Lipinski definition) is 3. The standard InChI is InChI=1S/C31H33ClN4O2/c1-21-33-28-10-6-25(19-29(28)34-21)24-7-11-30-26(18-24)20-36(16-17-38-30)31(37)35-14-12-23(13-15-35)3-2-22-4-8-27(32)9-5-22/h4-11,18-19,23H,2-3,12-17,20H2,1H3,(H,33,34). The summed E-state index contributed by atoms with van der Waals surface area (Å²) in [6.45, 7) is 5.27. The van der Waals surface area contributed by atoms with Crippen molar-refractivity contribution in [1.82, 2.24) is 19.8 Å². The summed E-state index contributed by atoms with van der Waals surface area (Å²) in [5, 5.41) is 0.782. The molecule has 0 aliphatic carbocycles. The Labute approximate surface area is 228 Å². The zero-order valence-electron chi connectivity index (χ0n) is 21.8. The predicted octanol–water partition coefficient (Wildman–Crippen LogP) is 6.85. The van der Waals surface area contributed by atoms with Gasteiger partial charge in [0.2, 0.25) is 0 Å². The van der Waals surface area contributed by atoms with Crippen molar-refractivity contribution in [2.75, 3.05) is 26.2 Å². The minimum absolute atomic E-state index is 0.123. The Balaban J connectivity index is 1.09. The van der Waals surface area contributed by atoms with E-state index in [0.29, 0.717) is 25.6 Å². The van der Waals surface area contributed by atoms with Gasteiger partial charge in [-0.15, -0.1) is 0 Å². The largest absolute Gasteiger partial charge is 0.491 e. The lowest BCUT2D eigenvalue weighted by atomic mass is 9.90. The van der Waals surface area contributed by atoms with Crippen molar-refractivity contribution in [1.29, 1.82) is 0 Å². The summed E-state index contributed by atoms with van der Waals surface area (Å²) < 4.78 is 6.04. The average Bonchev–Trinajstić information content (AvgIpc) is 3.18. The van der Waals surface area contributed by atoms with E-state index in [1.165, 1.54) is 5.56 Å². The van der Waals surface area contributed by atoms with Crippen LogP contribution in [0.4, 0.5) is 4.79 Å². The van der Waals surface area contributed by atoms with E-state index in [1.807, 2.05) is 41.0 Å². The van der Waals surface area contributed by atoms with Gasteiger partial charge in [-0.1, -0.05) is 35.9 Å². The lowest BCUT2D eigenvalue weighted by molar-refractivity contribution is 0.125. The molecule has 0 spiro atoms. The molecule has 0 bridgehead atoms. The van der Waals surface area contributed by atoms with Crippen LogP contribution in [-0.2, 0) is 13.0 Å². The highest BCUT2D eigenvalue weighted by atomic mass is 35.5. The van der Waals surface area contributed by atoms with E-state index in [2.05, 4.69) is 46.4 Å². The predicted molar refractivity (Wildman–Crippen MR) is 152 cm³/mol. The van der Waals surface area contributed by atoms with Crippen LogP contribution in [0, 0.1) is 12.8 Å². The molecule has 4 aromatic rings. The highest BCUT2D eigenvalue weighted by Crippen LogP contribution is 2.31. The SMILES string of the molecule is Cc1nc2ccc(-c3ccc4c(c3)CN(C(=O)N3CCC(CCc5ccc(Cl)cc5)CC3)CCO4)cc2[nH]1. The van der Waals surface area contributed by atoms with Crippen LogP contribution in [0.2, 0.25) is 5.02 Å². The van der Waals surface area contributed by atoms with E-state index in [-0.39, 0.29) is 6.03 Å². The normalized spacial score (nSPS) is 16.3. The lowest BCUT2D eigenvalue weighted by Crippen LogP contribution is -2.47. The van der Waals surface area contributed by atoms with Crippen molar-refractivity contribution >= 4 is 28.7 Å². The number of nitrogens with one attached hydrogen (secondary N) is 1. The number of halogens is 1. The molecule has 1 aromatic heterocycles. The molecule has 1 saturated heterocycles. The van der Waals surface area contributed by atoms with Crippen molar-refractivity contribution < 1.29 is 9.53 Å². The first-order valence-corrected chi connectivity index (χ1v) is 13.9. The number of rotatable bonds is 4. The van der Waals surface area contributed by atoms with Gasteiger partial charge in [-0.3, -0.25) is 0 Å². The van der Waals surface area contributed by atoms with Gasteiger partial charge in [0.1, 0.15) is 18.2 Å². The number of amides is 2. The average molecular weight is 529 g/mol. The summed E-state index contributed by atoms with van der Waals surface area (Å²) in [5.74, 6) is 2.43. The number of fused-ring (bicyclic) bond motifs is 2. The first-order valence-electron chi connectivity index (χ1n) is 13.5. The molecule has 196 valence electrons. The van der Waals surface area contributed by atoms with E-state index in [1.54, 1.807) is 0 Å². The minimum Gasteiger partial charge on any atom is -0.491 e. The molecule has 6 nitrogen and oxygen atoms in total. The molecular formula is C31H33ClN4O2. The Kier molecular flexibility index (Phi) is 6.98. The van der Waals surface area contributed by atoms with Gasteiger partial charge in [-0.05, 0) is 91.6 Å².